The minimum absolute atomic E-state index is 0.0647. The molecule has 5 aliphatic heterocycles. The van der Waals surface area contributed by atoms with Gasteiger partial charge in [-0.1, -0.05) is 48.5 Å². The molecule has 5 heterocycles. The number of nitrogens with one attached hydrogen (secondary N) is 14. The third kappa shape index (κ3) is 27.8. The summed E-state index contributed by atoms with van der Waals surface area (Å²) in [5.74, 6) is -9.70. The highest BCUT2D eigenvalue weighted by molar-refractivity contribution is 6.03. The van der Waals surface area contributed by atoms with Crippen LogP contribution in [0.1, 0.15) is 261 Å². The number of amides is 16. The number of hydrogen-bond donors (Lipinski definition) is 14. The molecule has 0 saturated carbocycles. The Morgan fingerprint density at radius 2 is 0.836 bits per heavy atom. The Balaban J connectivity index is 1.08. The molecule has 5 fully saturated rings. The van der Waals surface area contributed by atoms with Gasteiger partial charge < -0.3 is 88.7 Å². The summed E-state index contributed by atoms with van der Waals surface area (Å²) in [7, 11) is 0. The van der Waals surface area contributed by atoms with Crippen molar-refractivity contribution in [2.24, 2.45) is 17.8 Å². The molecule has 5 aliphatic rings. The van der Waals surface area contributed by atoms with E-state index >= 15 is 0 Å². The van der Waals surface area contributed by atoms with Gasteiger partial charge in [0.05, 0.1) is 19.6 Å². The number of hydrogen-bond acceptors (Lipinski definition) is 17. The van der Waals surface area contributed by atoms with E-state index in [0.717, 1.165) is 51.7 Å². The van der Waals surface area contributed by atoms with Gasteiger partial charge in [0.15, 0.2) is 0 Å². The highest BCUT2D eigenvalue weighted by Gasteiger charge is 2.49. The average Bonchev–Trinajstić information content (AvgIpc) is 1.00. The summed E-state index contributed by atoms with van der Waals surface area (Å²) in [5.41, 5.74) is -11.1. The molecule has 0 aromatic carbocycles. The van der Waals surface area contributed by atoms with Gasteiger partial charge in [0.25, 0.3) is 0 Å². The first kappa shape index (κ1) is 98.0. The van der Waals surface area contributed by atoms with Crippen molar-refractivity contribution in [3.63, 3.8) is 0 Å². The molecule has 5 saturated heterocycles. The highest BCUT2D eigenvalue weighted by Crippen LogP contribution is 2.28. The second kappa shape index (κ2) is 41.7. The molecule has 34 nitrogen and oxygen atoms in total. The van der Waals surface area contributed by atoms with Crippen LogP contribution >= 0.6 is 0 Å². The lowest BCUT2D eigenvalue weighted by Gasteiger charge is -2.42. The molecule has 10 atom stereocenters. The van der Waals surface area contributed by atoms with E-state index in [1.54, 1.807) is 39.5 Å². The quantitative estimate of drug-likeness (QED) is 0.0394. The van der Waals surface area contributed by atoms with Crippen molar-refractivity contribution in [1.82, 2.24) is 88.7 Å². The zero-order chi connectivity index (χ0) is 87.6. The fourth-order valence-electron chi connectivity index (χ4n) is 15.7. The summed E-state index contributed by atoms with van der Waals surface area (Å²) >= 11 is 0. The number of carbonyl (C=O) groups is 16. The van der Waals surface area contributed by atoms with Gasteiger partial charge in [-0.05, 0) is 198 Å². The summed E-state index contributed by atoms with van der Waals surface area (Å²) in [6, 6.07) is -6.39. The number of quaternary nitrogens is 1. The number of nitrogens with zero attached hydrogens (tertiary/aromatic N) is 4. The highest BCUT2D eigenvalue weighted by atomic mass is 16.2. The summed E-state index contributed by atoms with van der Waals surface area (Å²) in [4.78, 5) is 230. The summed E-state index contributed by atoms with van der Waals surface area (Å²) in [5, 5.41) is 35.8. The van der Waals surface area contributed by atoms with Crippen LogP contribution in [0.5, 0.6) is 0 Å². The van der Waals surface area contributed by atoms with E-state index in [0.29, 0.717) is 57.3 Å². The van der Waals surface area contributed by atoms with Crippen molar-refractivity contribution >= 4 is 94.5 Å². The molecule has 0 spiro atoms. The van der Waals surface area contributed by atoms with Gasteiger partial charge in [-0.2, -0.15) is 0 Å². The number of rotatable bonds is 38. The van der Waals surface area contributed by atoms with E-state index in [4.69, 9.17) is 0 Å². The molecule has 0 aromatic rings. The number of piperidine rings is 3. The smallest absolute Gasteiger partial charge is 0.248 e. The molecule has 656 valence electrons. The number of fused-ring (bicyclic) bond motifs is 1. The van der Waals surface area contributed by atoms with Crippen LogP contribution in [0.3, 0.4) is 0 Å². The largest absolute Gasteiger partial charge is 0.354 e. The van der Waals surface area contributed by atoms with Crippen LogP contribution in [0, 0.1) is 17.8 Å². The fraction of sp³-hybridized carbons (Fsp3) is 0.805. The van der Waals surface area contributed by atoms with Crippen LogP contribution in [-0.2, 0) is 76.7 Å². The normalized spacial score (nSPS) is 20.7. The van der Waals surface area contributed by atoms with E-state index in [1.807, 2.05) is 27.7 Å². The molecule has 5 rings (SSSR count). The van der Waals surface area contributed by atoms with Crippen molar-refractivity contribution in [2.75, 3.05) is 58.9 Å². The minimum atomic E-state index is -1.67. The van der Waals surface area contributed by atoms with Gasteiger partial charge in [0.2, 0.25) is 94.5 Å². The molecule has 0 radical (unpaired) electrons. The number of carbonyl (C=O) groups excluding carboxylic acids is 16. The Labute approximate surface area is 687 Å². The monoisotopic (exact) mass is 1640 g/mol. The predicted molar refractivity (Wildman–Crippen MR) is 436 cm³/mol. The zero-order valence-electron chi connectivity index (χ0n) is 73.6. The Morgan fingerprint density at radius 3 is 1.36 bits per heavy atom. The van der Waals surface area contributed by atoms with E-state index in [-0.39, 0.29) is 87.9 Å². The maximum atomic E-state index is 14.5. The Hall–Kier alpha value is -8.56. The van der Waals surface area contributed by atoms with Gasteiger partial charge >= 0.3 is 0 Å². The Kier molecular flexibility index (Phi) is 35.2. The molecular formula is C82H143N18O16+. The van der Waals surface area contributed by atoms with Crippen molar-refractivity contribution in [3.05, 3.63) is 0 Å². The summed E-state index contributed by atoms with van der Waals surface area (Å²) in [6.07, 6.45) is 9.43. The average molecular weight is 1640 g/mol. The second-order valence-electron chi connectivity index (χ2n) is 37.4. The van der Waals surface area contributed by atoms with E-state index < -0.39 is 164 Å². The third-order valence-electron chi connectivity index (χ3n) is 22.8. The summed E-state index contributed by atoms with van der Waals surface area (Å²) in [6.45, 7) is 39.4. The molecule has 0 aliphatic carbocycles. The number of likely N-dealkylation sites (tertiary alicyclic amines) is 3. The van der Waals surface area contributed by atoms with Crippen LogP contribution in [-0.4, -0.2) is 260 Å². The van der Waals surface area contributed by atoms with E-state index in [2.05, 4.69) is 87.9 Å². The Morgan fingerprint density at radius 1 is 0.397 bits per heavy atom. The Bertz CT molecular complexity index is 3560. The standard InChI is InChI=1S/C82H142N18O16/c1-23-82(22,93-68(109)59-34-26-29-43-100(59)74(115)80(18,19)92-66(107)57-32-24-27-41-98(57)53(9)101)73(114)95-78(14,15)71(112)88-55(45-50(4)5)64(105)83-37-36-60(102)84-47-61(103)89-79(16,17)72(113)94-81(20,21)75(116)99-42-28-25-33-58(99)67(108)91-76(10,11)69(110)85-52(8)63(104)87-56(46-51(6)7)65(106)90-77(12,13)70(111)86-54(44-49(2)3)48-97-40-31-39-96-38-30-35-62(96)97/h49-52,54-59,62H,23-48H2,1-22H3,(H,83,105)(H,84,102)(H,85,110)(H,86,111)(H,87,104)(H,88,112)(H,89,103)(H,90,106)(H,91,108)(H,92,107)(H,93,109)(H,94,113)(H,95,114)/p+1/t52-,54-,55-,56-,57-,58-,59-,62?,82-/m0/s1. The molecule has 16 amide bonds. The van der Waals surface area contributed by atoms with Crippen LogP contribution in [0.15, 0.2) is 0 Å². The molecular weight excluding hydrogens is 1490 g/mol. The summed E-state index contributed by atoms with van der Waals surface area (Å²) < 4.78 is 0. The molecule has 0 bridgehead atoms. The van der Waals surface area contributed by atoms with Gasteiger partial charge in [-0.25, -0.2) is 0 Å². The van der Waals surface area contributed by atoms with Crippen LogP contribution in [0.25, 0.3) is 0 Å². The third-order valence-corrected chi connectivity index (χ3v) is 22.8. The second-order valence-corrected chi connectivity index (χ2v) is 37.4. The van der Waals surface area contributed by atoms with Crippen LogP contribution in [0.4, 0.5) is 0 Å². The molecule has 34 heteroatoms. The first-order chi connectivity index (χ1) is 53.7. The van der Waals surface area contributed by atoms with Gasteiger partial charge in [-0.15, -0.1) is 0 Å². The van der Waals surface area contributed by atoms with Crippen molar-refractivity contribution in [1.29, 1.82) is 0 Å². The first-order valence-corrected chi connectivity index (χ1v) is 42.2. The van der Waals surface area contributed by atoms with Crippen molar-refractivity contribution < 1.29 is 81.6 Å². The van der Waals surface area contributed by atoms with E-state index in [9.17, 15) is 76.7 Å². The lowest BCUT2D eigenvalue weighted by molar-refractivity contribution is -0.930. The predicted octanol–water partition coefficient (Wildman–Crippen LogP) is 0.234. The van der Waals surface area contributed by atoms with Crippen molar-refractivity contribution in [3.8, 4) is 0 Å². The van der Waals surface area contributed by atoms with Crippen LogP contribution < -0.4 is 74.0 Å². The molecule has 116 heavy (non-hydrogen) atoms. The van der Waals surface area contributed by atoms with Crippen molar-refractivity contribution in [2.45, 2.75) is 349 Å². The zero-order valence-corrected chi connectivity index (χ0v) is 73.6. The molecule has 2 unspecified atom stereocenters. The molecule has 0 aromatic heterocycles. The van der Waals surface area contributed by atoms with Gasteiger partial charge in [0.1, 0.15) is 81.2 Å². The maximum Gasteiger partial charge on any atom is 0.248 e. The first-order valence-electron chi connectivity index (χ1n) is 42.2. The minimum Gasteiger partial charge on any atom is -0.354 e. The maximum absolute atomic E-state index is 14.5. The SMILES string of the molecule is CC[C@](C)(NC(=O)[C@@H]1CCCCN1C(=O)C(C)(C)NC(=O)[C@@H]1CCCCN1C(C)=O)C(=O)NC(C)(C)C(=O)N[C@@H](CC(C)C)C(=O)NCCC(=O)NCC(=O)NC(C)(C)C(=O)NC(C)(C)C(=O)N1CCCC[C@H]1C(=O)NC(C)(C)C(=O)N[C@@H](C)C(=O)N[C@@H](CC(C)C)C(=O)NC(C)(C)C(=O)N[C@@H](CC(C)C)CN1CCC[NH+]2CCCC12. The van der Waals surface area contributed by atoms with E-state index in [1.165, 1.54) is 97.3 Å². The van der Waals surface area contributed by atoms with Crippen LogP contribution in [0.2, 0.25) is 0 Å². The lowest BCUT2D eigenvalue weighted by atomic mass is 9.91. The van der Waals surface area contributed by atoms with Gasteiger partial charge in [0, 0.05) is 77.9 Å². The van der Waals surface area contributed by atoms with Gasteiger partial charge in [-0.3, -0.25) is 81.6 Å². The fourth-order valence-corrected chi connectivity index (χ4v) is 15.7. The lowest BCUT2D eigenvalue weighted by Crippen LogP contribution is -3.16. The molecule has 14 N–H and O–H groups in total. The topological polar surface area (TPSA) is 447 Å².